The SMILES string of the molecule is CCC[C@H]1CC[C@@H](C(O)c2cccc(F)c2)N1C(=O)O. The Hall–Kier alpha value is -1.62. The molecule has 0 aliphatic carbocycles. The molecule has 2 rings (SSSR count). The van der Waals surface area contributed by atoms with Crippen LogP contribution in [0.5, 0.6) is 0 Å². The van der Waals surface area contributed by atoms with E-state index in [-0.39, 0.29) is 6.04 Å². The summed E-state index contributed by atoms with van der Waals surface area (Å²) in [5, 5.41) is 19.8. The molecule has 1 fully saturated rings. The van der Waals surface area contributed by atoms with E-state index in [0.29, 0.717) is 12.0 Å². The van der Waals surface area contributed by atoms with Gasteiger partial charge >= 0.3 is 6.09 Å². The standard InChI is InChI=1S/C15H20FNO3/c1-2-4-12-7-8-13(17(12)15(19)20)14(18)10-5-3-6-11(16)9-10/h3,5-6,9,12-14,18H,2,4,7-8H2,1H3,(H,19,20)/t12-,13-,14?/m0/s1. The Labute approximate surface area is 117 Å². The highest BCUT2D eigenvalue weighted by molar-refractivity contribution is 5.66. The second-order valence-corrected chi connectivity index (χ2v) is 5.28. The lowest BCUT2D eigenvalue weighted by atomic mass is 10.0. The predicted molar refractivity (Wildman–Crippen MR) is 72.9 cm³/mol. The van der Waals surface area contributed by atoms with Gasteiger partial charge in [-0.3, -0.25) is 4.90 Å². The van der Waals surface area contributed by atoms with Crippen molar-refractivity contribution < 1.29 is 19.4 Å². The van der Waals surface area contributed by atoms with Gasteiger partial charge in [0, 0.05) is 6.04 Å². The van der Waals surface area contributed by atoms with Gasteiger partial charge in [-0.2, -0.15) is 0 Å². The Bertz CT molecular complexity index is 480. The van der Waals surface area contributed by atoms with Crippen molar-refractivity contribution in [2.24, 2.45) is 0 Å². The Balaban J connectivity index is 2.20. The third-order valence-electron chi connectivity index (χ3n) is 3.94. The Morgan fingerprint density at radius 1 is 1.50 bits per heavy atom. The van der Waals surface area contributed by atoms with E-state index in [0.717, 1.165) is 19.3 Å². The normalized spacial score (nSPS) is 23.9. The van der Waals surface area contributed by atoms with Crippen LogP contribution in [0, 0.1) is 5.82 Å². The number of hydrogen-bond donors (Lipinski definition) is 2. The summed E-state index contributed by atoms with van der Waals surface area (Å²) in [7, 11) is 0. The van der Waals surface area contributed by atoms with Crippen molar-refractivity contribution in [3.63, 3.8) is 0 Å². The van der Waals surface area contributed by atoms with Gasteiger partial charge in [0.25, 0.3) is 0 Å². The first kappa shape index (κ1) is 14.8. The molecule has 0 spiro atoms. The second kappa shape index (κ2) is 6.22. The number of hydrogen-bond acceptors (Lipinski definition) is 2. The van der Waals surface area contributed by atoms with Crippen LogP contribution in [0.15, 0.2) is 24.3 Å². The topological polar surface area (TPSA) is 60.8 Å². The minimum absolute atomic E-state index is 0.0503. The third kappa shape index (κ3) is 2.93. The Morgan fingerprint density at radius 2 is 2.25 bits per heavy atom. The summed E-state index contributed by atoms with van der Waals surface area (Å²) >= 11 is 0. The van der Waals surface area contributed by atoms with Crippen molar-refractivity contribution in [3.05, 3.63) is 35.6 Å². The van der Waals surface area contributed by atoms with Crippen LogP contribution in [0.1, 0.15) is 44.3 Å². The lowest BCUT2D eigenvalue weighted by molar-refractivity contribution is 0.0525. The molecule has 2 N–H and O–H groups in total. The van der Waals surface area contributed by atoms with E-state index in [2.05, 4.69) is 0 Å². The number of rotatable bonds is 4. The first-order valence-corrected chi connectivity index (χ1v) is 6.99. The molecule has 1 aliphatic heterocycles. The fourth-order valence-electron chi connectivity index (χ4n) is 3.05. The summed E-state index contributed by atoms with van der Waals surface area (Å²) < 4.78 is 13.2. The summed E-state index contributed by atoms with van der Waals surface area (Å²) in [6, 6.07) is 5.17. The van der Waals surface area contributed by atoms with E-state index < -0.39 is 24.1 Å². The fourth-order valence-corrected chi connectivity index (χ4v) is 3.05. The molecular weight excluding hydrogens is 261 g/mol. The fraction of sp³-hybridized carbons (Fsp3) is 0.533. The largest absolute Gasteiger partial charge is 0.465 e. The molecular formula is C15H20FNO3. The first-order chi connectivity index (χ1) is 9.54. The molecule has 110 valence electrons. The maximum atomic E-state index is 13.2. The Kier molecular flexibility index (Phi) is 4.60. The zero-order chi connectivity index (χ0) is 14.7. The molecule has 5 heteroatoms. The number of halogens is 1. The molecule has 0 radical (unpaired) electrons. The predicted octanol–water partition coefficient (Wildman–Crippen LogP) is 3.17. The number of benzene rings is 1. The van der Waals surface area contributed by atoms with E-state index in [4.69, 9.17) is 0 Å². The van der Waals surface area contributed by atoms with Crippen LogP contribution in [-0.4, -0.2) is 33.3 Å². The van der Waals surface area contributed by atoms with Crippen LogP contribution in [0.4, 0.5) is 9.18 Å². The van der Waals surface area contributed by atoms with Gasteiger partial charge in [-0.25, -0.2) is 9.18 Å². The zero-order valence-corrected chi connectivity index (χ0v) is 11.5. The van der Waals surface area contributed by atoms with E-state index in [1.54, 1.807) is 6.07 Å². The quantitative estimate of drug-likeness (QED) is 0.891. The van der Waals surface area contributed by atoms with Crippen molar-refractivity contribution in [2.45, 2.75) is 50.8 Å². The highest BCUT2D eigenvalue weighted by Gasteiger charge is 2.40. The second-order valence-electron chi connectivity index (χ2n) is 5.28. The van der Waals surface area contributed by atoms with Gasteiger partial charge in [0.05, 0.1) is 12.1 Å². The summed E-state index contributed by atoms with van der Waals surface area (Å²) in [6.45, 7) is 2.01. The van der Waals surface area contributed by atoms with Gasteiger partial charge < -0.3 is 10.2 Å². The van der Waals surface area contributed by atoms with Crippen LogP contribution in [0.25, 0.3) is 0 Å². The maximum absolute atomic E-state index is 13.2. The third-order valence-corrected chi connectivity index (χ3v) is 3.94. The monoisotopic (exact) mass is 281 g/mol. The van der Waals surface area contributed by atoms with Gasteiger partial charge in [-0.1, -0.05) is 25.5 Å². The van der Waals surface area contributed by atoms with Crippen molar-refractivity contribution in [1.82, 2.24) is 4.90 Å². The first-order valence-electron chi connectivity index (χ1n) is 6.99. The van der Waals surface area contributed by atoms with Crippen molar-refractivity contribution >= 4 is 6.09 Å². The van der Waals surface area contributed by atoms with Gasteiger partial charge in [-0.05, 0) is 37.0 Å². The molecule has 0 bridgehead atoms. The smallest absolute Gasteiger partial charge is 0.407 e. The summed E-state index contributed by atoms with van der Waals surface area (Å²) in [4.78, 5) is 12.8. The maximum Gasteiger partial charge on any atom is 0.407 e. The molecule has 3 atom stereocenters. The molecule has 1 aliphatic rings. The molecule has 1 aromatic carbocycles. The number of aliphatic hydroxyl groups is 1. The molecule has 0 saturated carbocycles. The minimum atomic E-state index is -1.01. The van der Waals surface area contributed by atoms with Gasteiger partial charge in [-0.15, -0.1) is 0 Å². The molecule has 4 nitrogen and oxygen atoms in total. The van der Waals surface area contributed by atoms with Gasteiger partial charge in [0.1, 0.15) is 5.82 Å². The van der Waals surface area contributed by atoms with Crippen molar-refractivity contribution in [1.29, 1.82) is 0 Å². The lowest BCUT2D eigenvalue weighted by Gasteiger charge is -2.30. The summed E-state index contributed by atoms with van der Waals surface area (Å²) in [5.41, 5.74) is 0.429. The van der Waals surface area contributed by atoms with Crippen LogP contribution in [0.2, 0.25) is 0 Å². The number of aliphatic hydroxyl groups excluding tert-OH is 1. The van der Waals surface area contributed by atoms with E-state index in [1.807, 2.05) is 6.92 Å². The lowest BCUT2D eigenvalue weighted by Crippen LogP contribution is -2.43. The van der Waals surface area contributed by atoms with Crippen LogP contribution >= 0.6 is 0 Å². The molecule has 20 heavy (non-hydrogen) atoms. The number of carbonyl (C=O) groups is 1. The molecule has 0 aromatic heterocycles. The van der Waals surface area contributed by atoms with Crippen LogP contribution in [0.3, 0.4) is 0 Å². The number of nitrogens with zero attached hydrogens (tertiary/aromatic N) is 1. The molecule has 1 amide bonds. The van der Waals surface area contributed by atoms with E-state index >= 15 is 0 Å². The number of carboxylic acid groups (broad SMARTS) is 1. The average molecular weight is 281 g/mol. The summed E-state index contributed by atoms with van der Waals surface area (Å²) in [5.74, 6) is -0.425. The number of likely N-dealkylation sites (tertiary alicyclic amines) is 1. The molecule has 1 aromatic rings. The highest BCUT2D eigenvalue weighted by Crippen LogP contribution is 2.35. The average Bonchev–Trinajstić information content (AvgIpc) is 2.82. The molecule has 1 unspecified atom stereocenters. The highest BCUT2D eigenvalue weighted by atomic mass is 19.1. The van der Waals surface area contributed by atoms with Crippen LogP contribution in [-0.2, 0) is 0 Å². The zero-order valence-electron chi connectivity index (χ0n) is 11.5. The van der Waals surface area contributed by atoms with Crippen molar-refractivity contribution in [2.75, 3.05) is 0 Å². The van der Waals surface area contributed by atoms with Crippen LogP contribution < -0.4 is 0 Å². The van der Waals surface area contributed by atoms with Gasteiger partial charge in [0.2, 0.25) is 0 Å². The van der Waals surface area contributed by atoms with E-state index in [9.17, 15) is 19.4 Å². The molecule has 1 saturated heterocycles. The summed E-state index contributed by atoms with van der Waals surface area (Å²) in [6.07, 6.45) is 1.05. The number of amides is 1. The minimum Gasteiger partial charge on any atom is -0.465 e. The van der Waals surface area contributed by atoms with Gasteiger partial charge in [0.15, 0.2) is 0 Å². The van der Waals surface area contributed by atoms with Crippen molar-refractivity contribution in [3.8, 4) is 0 Å². The Morgan fingerprint density at radius 3 is 2.85 bits per heavy atom. The molecule has 1 heterocycles. The van der Waals surface area contributed by atoms with E-state index in [1.165, 1.54) is 23.1 Å².